The molecule has 4 rings (SSSR count). The summed E-state index contributed by atoms with van der Waals surface area (Å²) in [5.74, 6) is -0.110. The summed E-state index contributed by atoms with van der Waals surface area (Å²) in [5.41, 5.74) is 0.934. The molecule has 2 amide bonds. The number of aromatic nitrogens is 1. The number of furan rings is 1. The van der Waals surface area contributed by atoms with E-state index in [1.165, 1.54) is 24.1 Å². The number of nitrogens with one attached hydrogen (secondary N) is 2. The highest BCUT2D eigenvalue weighted by Gasteiger charge is 2.42. The quantitative estimate of drug-likeness (QED) is 0.295. The van der Waals surface area contributed by atoms with Crippen molar-refractivity contribution in [1.82, 2.24) is 9.88 Å². The molecule has 0 spiro atoms. The largest absolute Gasteiger partial charge is 0.470 e. The Morgan fingerprint density at radius 1 is 1.37 bits per heavy atom. The zero-order chi connectivity index (χ0) is 25.4. The molecule has 0 fully saturated rings. The minimum atomic E-state index is -4.91. The third-order valence-corrected chi connectivity index (χ3v) is 6.32. The summed E-state index contributed by atoms with van der Waals surface area (Å²) in [5, 5.41) is 6.43. The predicted molar refractivity (Wildman–Crippen MR) is 129 cm³/mol. The van der Waals surface area contributed by atoms with Gasteiger partial charge in [0.15, 0.2) is 11.4 Å². The zero-order valence-corrected chi connectivity index (χ0v) is 20.2. The standard InChI is InChI=1S/C23H25N4O7P/c1-14-16-6-4-5-7-18(16)33-19(14)12-27(3)20(28)9-8-15-10-17-21(24-11-15)26-22(29)23(2,13-25-17)34-35(30,31)32/h4-11,25H,12-13H2,1-3H3,(H,24,26,29)(H2,30,31,32)/b9-8+/t23-/m1/s1. The van der Waals surface area contributed by atoms with E-state index in [1.807, 2.05) is 31.2 Å². The minimum Gasteiger partial charge on any atom is -0.459 e. The highest BCUT2D eigenvalue weighted by molar-refractivity contribution is 7.46. The number of hydrogen-bond acceptors (Lipinski definition) is 7. The van der Waals surface area contributed by atoms with Crippen molar-refractivity contribution >= 4 is 48.2 Å². The number of pyridine rings is 1. The zero-order valence-electron chi connectivity index (χ0n) is 19.3. The Morgan fingerprint density at radius 3 is 2.83 bits per heavy atom. The van der Waals surface area contributed by atoms with Crippen molar-refractivity contribution in [3.63, 3.8) is 0 Å². The Bertz CT molecular complexity index is 1380. The van der Waals surface area contributed by atoms with Crippen molar-refractivity contribution in [2.24, 2.45) is 0 Å². The number of benzene rings is 1. The molecule has 11 nitrogen and oxygen atoms in total. The lowest BCUT2D eigenvalue weighted by Gasteiger charge is -2.26. The highest BCUT2D eigenvalue weighted by Crippen LogP contribution is 2.42. The summed E-state index contributed by atoms with van der Waals surface area (Å²) in [6, 6.07) is 9.34. The number of amides is 2. The van der Waals surface area contributed by atoms with Crippen LogP contribution in [0.3, 0.4) is 0 Å². The summed E-state index contributed by atoms with van der Waals surface area (Å²) in [4.78, 5) is 49.1. The smallest absolute Gasteiger partial charge is 0.459 e. The molecule has 0 aliphatic carbocycles. The first-order valence-corrected chi connectivity index (χ1v) is 12.2. The van der Waals surface area contributed by atoms with Crippen molar-refractivity contribution < 1.29 is 32.9 Å². The average molecular weight is 500 g/mol. The maximum absolute atomic E-state index is 12.7. The molecule has 0 unspecified atom stereocenters. The fourth-order valence-corrected chi connectivity index (χ4v) is 4.36. The number of hydrogen-bond donors (Lipinski definition) is 4. The van der Waals surface area contributed by atoms with Crippen molar-refractivity contribution in [3.05, 3.63) is 59.5 Å². The second kappa shape index (κ2) is 9.27. The normalized spacial score (nSPS) is 18.1. The van der Waals surface area contributed by atoms with Gasteiger partial charge in [-0.25, -0.2) is 9.55 Å². The van der Waals surface area contributed by atoms with E-state index in [9.17, 15) is 14.2 Å². The first-order valence-electron chi connectivity index (χ1n) is 10.7. The molecular weight excluding hydrogens is 475 g/mol. The summed E-state index contributed by atoms with van der Waals surface area (Å²) in [7, 11) is -3.24. The first-order chi connectivity index (χ1) is 16.4. The van der Waals surface area contributed by atoms with E-state index >= 15 is 0 Å². The SMILES string of the molecule is Cc1c(CN(C)C(=O)/C=C/c2cnc3c(c2)NC[C@@](C)(OP(=O)(O)O)C(=O)N3)oc2ccccc12. The van der Waals surface area contributed by atoms with Crippen LogP contribution in [0.2, 0.25) is 0 Å². The molecule has 3 aromatic rings. The van der Waals surface area contributed by atoms with Gasteiger partial charge in [0.1, 0.15) is 11.3 Å². The van der Waals surface area contributed by atoms with Crippen LogP contribution >= 0.6 is 7.82 Å². The van der Waals surface area contributed by atoms with Crippen LogP contribution in [0.15, 0.2) is 47.0 Å². The average Bonchev–Trinajstić information content (AvgIpc) is 3.04. The van der Waals surface area contributed by atoms with Gasteiger partial charge >= 0.3 is 7.82 Å². The van der Waals surface area contributed by atoms with Crippen molar-refractivity contribution in [1.29, 1.82) is 0 Å². The van der Waals surface area contributed by atoms with Gasteiger partial charge in [-0.3, -0.25) is 14.1 Å². The van der Waals surface area contributed by atoms with Crippen molar-refractivity contribution in [2.75, 3.05) is 24.2 Å². The molecule has 1 atom stereocenters. The maximum atomic E-state index is 12.7. The van der Waals surface area contributed by atoms with E-state index in [4.69, 9.17) is 18.7 Å². The molecule has 1 aliphatic heterocycles. The third-order valence-electron chi connectivity index (χ3n) is 5.68. The molecule has 2 aromatic heterocycles. The fourth-order valence-electron chi connectivity index (χ4n) is 3.69. The van der Waals surface area contributed by atoms with E-state index in [1.54, 1.807) is 19.2 Å². The predicted octanol–water partition coefficient (Wildman–Crippen LogP) is 3.04. The van der Waals surface area contributed by atoms with E-state index in [-0.39, 0.29) is 18.3 Å². The molecule has 1 aromatic carbocycles. The van der Waals surface area contributed by atoms with Gasteiger partial charge in [0.25, 0.3) is 5.91 Å². The summed E-state index contributed by atoms with van der Waals surface area (Å²) in [6.45, 7) is 3.32. The van der Waals surface area contributed by atoms with Gasteiger partial charge in [0.05, 0.1) is 18.8 Å². The summed E-state index contributed by atoms with van der Waals surface area (Å²) in [6.07, 6.45) is 4.44. The van der Waals surface area contributed by atoms with Crippen LogP contribution < -0.4 is 10.6 Å². The molecular formula is C23H25N4O7P. The number of nitrogens with zero attached hydrogens (tertiary/aromatic N) is 2. The number of aryl methyl sites for hydroxylation is 1. The Morgan fingerprint density at radius 2 is 2.11 bits per heavy atom. The molecule has 35 heavy (non-hydrogen) atoms. The second-order valence-corrected chi connectivity index (χ2v) is 9.62. The van der Waals surface area contributed by atoms with Gasteiger partial charge in [-0.1, -0.05) is 18.2 Å². The van der Waals surface area contributed by atoms with E-state index < -0.39 is 19.3 Å². The molecule has 12 heteroatoms. The van der Waals surface area contributed by atoms with E-state index in [0.29, 0.717) is 23.6 Å². The minimum absolute atomic E-state index is 0.175. The van der Waals surface area contributed by atoms with Gasteiger partial charge in [0, 0.05) is 30.3 Å². The van der Waals surface area contributed by atoms with Crippen LogP contribution in [0.4, 0.5) is 11.5 Å². The first kappa shape index (κ1) is 24.6. The number of phosphoric acid groups is 1. The van der Waals surface area contributed by atoms with Crippen LogP contribution in [-0.2, 0) is 25.2 Å². The third kappa shape index (κ3) is 5.44. The lowest BCUT2D eigenvalue weighted by molar-refractivity contribution is -0.130. The molecule has 1 aliphatic rings. The summed E-state index contributed by atoms with van der Waals surface area (Å²) < 4.78 is 21.8. The van der Waals surface area contributed by atoms with Gasteiger partial charge in [-0.05, 0) is 37.6 Å². The molecule has 0 saturated carbocycles. The van der Waals surface area contributed by atoms with Gasteiger partial charge in [-0.15, -0.1) is 0 Å². The van der Waals surface area contributed by atoms with Crippen LogP contribution in [0, 0.1) is 6.92 Å². The van der Waals surface area contributed by atoms with Gasteiger partial charge < -0.3 is 29.7 Å². The van der Waals surface area contributed by atoms with Crippen LogP contribution in [0.5, 0.6) is 0 Å². The van der Waals surface area contributed by atoms with Crippen LogP contribution in [0.25, 0.3) is 17.0 Å². The molecule has 4 N–H and O–H groups in total. The summed E-state index contributed by atoms with van der Waals surface area (Å²) >= 11 is 0. The van der Waals surface area contributed by atoms with E-state index in [0.717, 1.165) is 16.5 Å². The number of fused-ring (bicyclic) bond motifs is 2. The lowest BCUT2D eigenvalue weighted by Crippen LogP contribution is -2.46. The lowest BCUT2D eigenvalue weighted by atomic mass is 10.1. The van der Waals surface area contributed by atoms with Crippen molar-refractivity contribution in [3.8, 4) is 0 Å². The van der Waals surface area contributed by atoms with Crippen molar-refractivity contribution in [2.45, 2.75) is 26.0 Å². The Kier molecular flexibility index (Phi) is 6.52. The monoisotopic (exact) mass is 500 g/mol. The molecule has 0 radical (unpaired) electrons. The van der Waals surface area contributed by atoms with Gasteiger partial charge in [-0.2, -0.15) is 0 Å². The second-order valence-electron chi connectivity index (χ2n) is 8.46. The molecule has 3 heterocycles. The van der Waals surface area contributed by atoms with Crippen LogP contribution in [0.1, 0.15) is 23.8 Å². The van der Waals surface area contributed by atoms with E-state index in [2.05, 4.69) is 15.6 Å². The maximum Gasteiger partial charge on any atom is 0.470 e. The van der Waals surface area contributed by atoms with Gasteiger partial charge in [0.2, 0.25) is 5.91 Å². The highest BCUT2D eigenvalue weighted by atomic mass is 31.2. The number of carbonyl (C=O) groups is 2. The molecule has 184 valence electrons. The number of carbonyl (C=O) groups excluding carboxylic acids is 2. The number of likely N-dealkylation sites (N-methyl/N-ethyl adjacent to an activating group) is 1. The molecule has 0 bridgehead atoms. The number of phosphoric ester groups is 1. The Balaban J connectivity index is 1.45. The number of anilines is 2. The van der Waals surface area contributed by atoms with Crippen LogP contribution in [-0.4, -0.2) is 50.7 Å². The number of para-hydroxylation sites is 1. The molecule has 0 saturated heterocycles. The fraction of sp³-hybridized carbons (Fsp3) is 0.261. The Hall–Kier alpha value is -3.50. The topological polar surface area (TPSA) is 154 Å². The number of rotatable bonds is 6. The Labute approximate surface area is 201 Å².